The summed E-state index contributed by atoms with van der Waals surface area (Å²) >= 11 is 0. The molecule has 3 atom stereocenters. The summed E-state index contributed by atoms with van der Waals surface area (Å²) in [7, 11) is 0. The molecule has 0 bridgehead atoms. The van der Waals surface area contributed by atoms with E-state index >= 15 is 0 Å². The van der Waals surface area contributed by atoms with Gasteiger partial charge in [0.05, 0.1) is 5.56 Å². The topological polar surface area (TPSA) is 79.5 Å². The summed E-state index contributed by atoms with van der Waals surface area (Å²) in [5.41, 5.74) is 0.348. The molecule has 3 rings (SSSR count). The fraction of sp³-hybridized carbons (Fsp3) is 0.450. The van der Waals surface area contributed by atoms with Crippen LogP contribution in [0.25, 0.3) is 10.9 Å². The van der Waals surface area contributed by atoms with Crippen molar-refractivity contribution >= 4 is 22.8 Å². The highest BCUT2D eigenvalue weighted by Crippen LogP contribution is 2.24. The van der Waals surface area contributed by atoms with Crippen LogP contribution in [-0.2, 0) is 9.53 Å². The number of piperidine rings is 1. The zero-order valence-corrected chi connectivity index (χ0v) is 15.3. The number of carbonyl (C=O) groups is 2. The Morgan fingerprint density at radius 1 is 1.19 bits per heavy atom. The van der Waals surface area contributed by atoms with E-state index < -0.39 is 12.1 Å². The summed E-state index contributed by atoms with van der Waals surface area (Å²) in [5.74, 6) is -0.849. The van der Waals surface area contributed by atoms with E-state index in [0.29, 0.717) is 10.9 Å². The van der Waals surface area contributed by atoms with Crippen LogP contribution in [0.5, 0.6) is 0 Å². The van der Waals surface area contributed by atoms with Gasteiger partial charge in [-0.15, -0.1) is 0 Å². The highest BCUT2D eigenvalue weighted by atomic mass is 16.5. The Hall–Kier alpha value is -2.63. The maximum atomic E-state index is 12.8. The van der Waals surface area contributed by atoms with Crippen LogP contribution in [0.1, 0.15) is 50.4 Å². The summed E-state index contributed by atoms with van der Waals surface area (Å²) in [5, 5.41) is 0.594. The Morgan fingerprint density at radius 2 is 1.85 bits per heavy atom. The summed E-state index contributed by atoms with van der Waals surface area (Å²) in [6.45, 7) is 5.63. The molecule has 0 unspecified atom stereocenters. The van der Waals surface area contributed by atoms with Crippen molar-refractivity contribution in [3.05, 3.63) is 46.2 Å². The minimum atomic E-state index is -0.899. The van der Waals surface area contributed by atoms with E-state index in [4.69, 9.17) is 4.74 Å². The van der Waals surface area contributed by atoms with Crippen LogP contribution in [-0.4, -0.2) is 39.9 Å². The van der Waals surface area contributed by atoms with Gasteiger partial charge in [0.25, 0.3) is 5.91 Å². The highest BCUT2D eigenvalue weighted by Gasteiger charge is 2.33. The third-order valence-electron chi connectivity index (χ3n) is 5.05. The molecule has 6 nitrogen and oxygen atoms in total. The molecule has 1 aromatic carbocycles. The second kappa shape index (κ2) is 7.32. The molecule has 0 spiro atoms. The van der Waals surface area contributed by atoms with E-state index in [2.05, 4.69) is 4.98 Å². The van der Waals surface area contributed by atoms with Gasteiger partial charge in [0, 0.05) is 29.1 Å². The van der Waals surface area contributed by atoms with Crippen molar-refractivity contribution in [1.29, 1.82) is 0 Å². The Morgan fingerprint density at radius 3 is 2.54 bits per heavy atom. The van der Waals surface area contributed by atoms with Crippen molar-refractivity contribution in [1.82, 2.24) is 9.88 Å². The minimum Gasteiger partial charge on any atom is -0.449 e. The molecular weight excluding hydrogens is 332 g/mol. The number of fused-ring (bicyclic) bond motifs is 1. The number of carbonyl (C=O) groups excluding carboxylic acids is 2. The SMILES string of the molecule is C[C@H](OC(=O)c1cc(=O)[nH]c2ccccc12)C(=O)N1[C@H](C)CCC[C@H]1C. The number of nitrogens with one attached hydrogen (secondary N) is 1. The molecule has 2 aromatic rings. The Labute approximate surface area is 152 Å². The number of pyridine rings is 1. The molecule has 1 aromatic heterocycles. The number of aromatic amines is 1. The van der Waals surface area contributed by atoms with Crippen LogP contribution >= 0.6 is 0 Å². The van der Waals surface area contributed by atoms with Crippen LogP contribution in [0.2, 0.25) is 0 Å². The second-order valence-corrected chi connectivity index (χ2v) is 7.01. The number of H-pyrrole nitrogens is 1. The number of benzene rings is 1. The molecule has 1 saturated heterocycles. The van der Waals surface area contributed by atoms with Crippen LogP contribution in [0, 0.1) is 0 Å². The van der Waals surface area contributed by atoms with Crippen molar-refractivity contribution < 1.29 is 14.3 Å². The van der Waals surface area contributed by atoms with Gasteiger partial charge < -0.3 is 14.6 Å². The summed E-state index contributed by atoms with van der Waals surface area (Å²) in [6, 6.07) is 8.50. The number of amides is 1. The van der Waals surface area contributed by atoms with Gasteiger partial charge in [0.15, 0.2) is 6.10 Å². The van der Waals surface area contributed by atoms with E-state index in [-0.39, 0.29) is 29.1 Å². The lowest BCUT2D eigenvalue weighted by molar-refractivity contribution is -0.146. The van der Waals surface area contributed by atoms with Crippen molar-refractivity contribution in [2.24, 2.45) is 0 Å². The Bertz CT molecular complexity index is 879. The lowest BCUT2D eigenvalue weighted by Crippen LogP contribution is -2.51. The number of likely N-dealkylation sites (tertiary alicyclic amines) is 1. The standard InChI is InChI=1S/C20H24N2O4/c1-12-7-6-8-13(2)22(12)19(24)14(3)26-20(25)16-11-18(23)21-17-10-5-4-9-15(16)17/h4-5,9-14H,6-8H2,1-3H3,(H,21,23)/t12-,13-,14+/m1/s1. The number of nitrogens with zero attached hydrogens (tertiary/aromatic N) is 1. The van der Waals surface area contributed by atoms with E-state index in [9.17, 15) is 14.4 Å². The number of ether oxygens (including phenoxy) is 1. The van der Waals surface area contributed by atoms with Gasteiger partial charge in [-0.1, -0.05) is 18.2 Å². The van der Waals surface area contributed by atoms with E-state index in [1.807, 2.05) is 18.7 Å². The predicted octanol–water partition coefficient (Wildman–Crippen LogP) is 2.86. The molecule has 1 fully saturated rings. The van der Waals surface area contributed by atoms with Gasteiger partial charge in [-0.05, 0) is 46.1 Å². The molecule has 1 aliphatic heterocycles. The third-order valence-corrected chi connectivity index (χ3v) is 5.05. The highest BCUT2D eigenvalue weighted by molar-refractivity contribution is 6.03. The maximum absolute atomic E-state index is 12.8. The lowest BCUT2D eigenvalue weighted by atomic mass is 9.97. The number of esters is 1. The summed E-state index contributed by atoms with van der Waals surface area (Å²) < 4.78 is 5.43. The van der Waals surface area contributed by atoms with Gasteiger partial charge in [-0.25, -0.2) is 4.79 Å². The minimum absolute atomic E-state index is 0.132. The van der Waals surface area contributed by atoms with Gasteiger partial charge in [0.2, 0.25) is 5.56 Å². The molecule has 1 N–H and O–H groups in total. The largest absolute Gasteiger partial charge is 0.449 e. The van der Waals surface area contributed by atoms with Crippen molar-refractivity contribution in [2.45, 2.75) is 58.2 Å². The number of aromatic nitrogens is 1. The van der Waals surface area contributed by atoms with Gasteiger partial charge in [0.1, 0.15) is 0 Å². The van der Waals surface area contributed by atoms with E-state index in [0.717, 1.165) is 19.3 Å². The quantitative estimate of drug-likeness (QED) is 0.858. The zero-order chi connectivity index (χ0) is 18.8. The average molecular weight is 356 g/mol. The Balaban J connectivity index is 1.82. The molecular formula is C20H24N2O4. The van der Waals surface area contributed by atoms with Crippen LogP contribution in [0.3, 0.4) is 0 Å². The Kier molecular flexibility index (Phi) is 5.11. The van der Waals surface area contributed by atoms with Gasteiger partial charge in [-0.3, -0.25) is 9.59 Å². The predicted molar refractivity (Wildman–Crippen MR) is 99.1 cm³/mol. The lowest BCUT2D eigenvalue weighted by Gasteiger charge is -2.40. The fourth-order valence-electron chi connectivity index (χ4n) is 3.71. The van der Waals surface area contributed by atoms with Crippen LogP contribution in [0.15, 0.2) is 35.1 Å². The molecule has 0 aliphatic carbocycles. The number of rotatable bonds is 3. The molecule has 6 heteroatoms. The first-order chi connectivity index (χ1) is 12.4. The molecule has 26 heavy (non-hydrogen) atoms. The van der Waals surface area contributed by atoms with E-state index in [1.54, 1.807) is 31.2 Å². The number of hydrogen-bond donors (Lipinski definition) is 1. The smallest absolute Gasteiger partial charge is 0.339 e. The van der Waals surface area contributed by atoms with Crippen molar-refractivity contribution in [2.75, 3.05) is 0 Å². The van der Waals surface area contributed by atoms with Gasteiger partial charge in [-0.2, -0.15) is 0 Å². The monoisotopic (exact) mass is 356 g/mol. The molecule has 1 aliphatic rings. The van der Waals surface area contributed by atoms with Crippen molar-refractivity contribution in [3.8, 4) is 0 Å². The van der Waals surface area contributed by atoms with Crippen LogP contribution < -0.4 is 5.56 Å². The number of hydrogen-bond acceptors (Lipinski definition) is 4. The molecule has 0 radical (unpaired) electrons. The zero-order valence-electron chi connectivity index (χ0n) is 15.3. The molecule has 1 amide bonds. The number of para-hydroxylation sites is 1. The maximum Gasteiger partial charge on any atom is 0.339 e. The fourth-order valence-corrected chi connectivity index (χ4v) is 3.71. The molecule has 138 valence electrons. The summed E-state index contributed by atoms with van der Waals surface area (Å²) in [4.78, 5) is 41.7. The average Bonchev–Trinajstić information content (AvgIpc) is 2.60. The molecule has 0 saturated carbocycles. The molecule has 2 heterocycles. The van der Waals surface area contributed by atoms with Gasteiger partial charge >= 0.3 is 5.97 Å². The third kappa shape index (κ3) is 3.49. The van der Waals surface area contributed by atoms with Crippen LogP contribution in [0.4, 0.5) is 0 Å². The second-order valence-electron chi connectivity index (χ2n) is 7.01. The first-order valence-corrected chi connectivity index (χ1v) is 9.03. The van der Waals surface area contributed by atoms with Crippen molar-refractivity contribution in [3.63, 3.8) is 0 Å². The normalized spacial score (nSPS) is 21.4. The first-order valence-electron chi connectivity index (χ1n) is 9.03. The summed E-state index contributed by atoms with van der Waals surface area (Å²) in [6.07, 6.45) is 2.10. The van der Waals surface area contributed by atoms with E-state index in [1.165, 1.54) is 6.07 Å². The first kappa shape index (κ1) is 18.2.